The van der Waals surface area contributed by atoms with Crippen LogP contribution in [0.1, 0.15) is 29.2 Å². The Morgan fingerprint density at radius 3 is 1.40 bits per heavy atom. The van der Waals surface area contributed by atoms with Crippen LogP contribution in [-0.4, -0.2) is 43.3 Å². The summed E-state index contributed by atoms with van der Waals surface area (Å²) < 4.78 is 37.9. The second-order valence-electron chi connectivity index (χ2n) is 10.4. The quantitative estimate of drug-likeness (QED) is 0.163. The first-order valence-electron chi connectivity index (χ1n) is 14.6. The summed E-state index contributed by atoms with van der Waals surface area (Å²) in [6, 6.07) is 39.6. The molecule has 4 aromatic carbocycles. The molecule has 0 bridgehead atoms. The number of carbonyl (C=O) groups excluding carboxylic acids is 1. The zero-order valence-electron chi connectivity index (χ0n) is 24.3. The number of ether oxygens (including phenoxy) is 6. The van der Waals surface area contributed by atoms with Crippen molar-refractivity contribution in [3.8, 4) is 0 Å². The van der Waals surface area contributed by atoms with Crippen LogP contribution < -0.4 is 0 Å². The van der Waals surface area contributed by atoms with Gasteiger partial charge in [0, 0.05) is 6.92 Å². The van der Waals surface area contributed by atoms with E-state index < -0.39 is 36.7 Å². The molecule has 0 aliphatic carbocycles. The Bertz CT molecular complexity index is 1350. The molecule has 4 aromatic rings. The van der Waals surface area contributed by atoms with E-state index in [1.165, 1.54) is 6.92 Å². The largest absolute Gasteiger partial charge is 0.433 e. The highest BCUT2D eigenvalue weighted by Gasteiger charge is 2.50. The van der Waals surface area contributed by atoms with Gasteiger partial charge in [0.1, 0.15) is 24.4 Å². The van der Waals surface area contributed by atoms with Crippen molar-refractivity contribution in [2.24, 2.45) is 0 Å². The second kappa shape index (κ2) is 16.1. The standard InChI is InChI=1S/C36H38O7/c1-27(37)42-36-35(41-25-31-20-12-5-13-21-31)34(40-24-30-18-10-4-11-19-30)33(39-23-29-16-8-3-9-17-29)32(43-36)26-38-22-28-14-6-2-7-15-28/h2-21,32-36H,22-26H2,1H3/t32-,33+,34+,35+,36+/m1/s1. The fourth-order valence-electron chi connectivity index (χ4n) is 5.01. The number of benzene rings is 4. The third-order valence-corrected chi connectivity index (χ3v) is 7.12. The van der Waals surface area contributed by atoms with Crippen LogP contribution >= 0.6 is 0 Å². The number of hydrogen-bond donors (Lipinski definition) is 0. The third-order valence-electron chi connectivity index (χ3n) is 7.12. The van der Waals surface area contributed by atoms with E-state index in [0.717, 1.165) is 22.3 Å². The van der Waals surface area contributed by atoms with Gasteiger partial charge in [-0.05, 0) is 22.3 Å². The van der Waals surface area contributed by atoms with Gasteiger partial charge in [0.05, 0.1) is 33.0 Å². The molecule has 1 aliphatic heterocycles. The molecule has 0 aromatic heterocycles. The highest BCUT2D eigenvalue weighted by atomic mass is 16.7. The highest BCUT2D eigenvalue weighted by molar-refractivity contribution is 5.66. The van der Waals surface area contributed by atoms with Crippen molar-refractivity contribution in [2.45, 2.75) is 64.1 Å². The zero-order valence-corrected chi connectivity index (χ0v) is 24.3. The van der Waals surface area contributed by atoms with E-state index in [-0.39, 0.29) is 13.2 Å². The average Bonchev–Trinajstić information content (AvgIpc) is 3.04. The topological polar surface area (TPSA) is 72.5 Å². The number of hydrogen-bond acceptors (Lipinski definition) is 7. The number of esters is 1. The Kier molecular flexibility index (Phi) is 11.5. The van der Waals surface area contributed by atoms with E-state index in [9.17, 15) is 4.79 Å². The number of rotatable bonds is 14. The van der Waals surface area contributed by atoms with Gasteiger partial charge in [0.2, 0.25) is 6.29 Å². The van der Waals surface area contributed by atoms with Crippen molar-refractivity contribution in [2.75, 3.05) is 6.61 Å². The van der Waals surface area contributed by atoms with Crippen LogP contribution in [0.3, 0.4) is 0 Å². The van der Waals surface area contributed by atoms with E-state index in [1.807, 2.05) is 121 Å². The molecule has 0 amide bonds. The highest BCUT2D eigenvalue weighted by Crippen LogP contribution is 2.31. The van der Waals surface area contributed by atoms with E-state index >= 15 is 0 Å². The minimum atomic E-state index is -1.02. The summed E-state index contributed by atoms with van der Waals surface area (Å²) in [5.41, 5.74) is 4.02. The minimum Gasteiger partial charge on any atom is -0.433 e. The maximum Gasteiger partial charge on any atom is 0.305 e. The summed E-state index contributed by atoms with van der Waals surface area (Å²) in [5, 5.41) is 0. The molecule has 5 atom stereocenters. The molecule has 0 unspecified atom stereocenters. The van der Waals surface area contributed by atoms with Gasteiger partial charge in [-0.25, -0.2) is 0 Å². The SMILES string of the molecule is CC(=O)O[C@H]1O[C@H](COCc2ccccc2)[C@H](OCc2ccccc2)[C@H](OCc2ccccc2)[C@@H]1OCc1ccccc1. The molecule has 1 fully saturated rings. The van der Waals surface area contributed by atoms with Crippen molar-refractivity contribution in [3.63, 3.8) is 0 Å². The maximum absolute atomic E-state index is 12.3. The van der Waals surface area contributed by atoms with Crippen LogP contribution in [0.15, 0.2) is 121 Å². The van der Waals surface area contributed by atoms with Gasteiger partial charge in [0.15, 0.2) is 0 Å². The molecule has 1 heterocycles. The van der Waals surface area contributed by atoms with Crippen LogP contribution in [0.4, 0.5) is 0 Å². The summed E-state index contributed by atoms with van der Waals surface area (Å²) >= 11 is 0. The summed E-state index contributed by atoms with van der Waals surface area (Å²) in [4.78, 5) is 12.3. The van der Waals surface area contributed by atoms with Gasteiger partial charge in [0.25, 0.3) is 0 Å². The molecule has 7 heteroatoms. The monoisotopic (exact) mass is 582 g/mol. The fraction of sp³-hybridized carbons (Fsp3) is 0.306. The molecule has 0 radical (unpaired) electrons. The molecular weight excluding hydrogens is 544 g/mol. The lowest BCUT2D eigenvalue weighted by molar-refractivity contribution is -0.320. The summed E-state index contributed by atoms with van der Waals surface area (Å²) in [7, 11) is 0. The van der Waals surface area contributed by atoms with Gasteiger partial charge in [-0.15, -0.1) is 0 Å². The third kappa shape index (κ3) is 9.32. The Morgan fingerprint density at radius 1 is 0.558 bits per heavy atom. The summed E-state index contributed by atoms with van der Waals surface area (Å²) in [6.07, 6.45) is -3.62. The number of carbonyl (C=O) groups is 1. The second-order valence-corrected chi connectivity index (χ2v) is 10.4. The van der Waals surface area contributed by atoms with E-state index in [2.05, 4.69) is 0 Å². The molecule has 7 nitrogen and oxygen atoms in total. The molecule has 0 spiro atoms. The molecule has 0 N–H and O–H groups in total. The first kappa shape index (κ1) is 30.6. The normalized spacial score (nSPS) is 21.7. The predicted molar refractivity (Wildman–Crippen MR) is 162 cm³/mol. The Hall–Kier alpha value is -3.85. The first-order chi connectivity index (χ1) is 21.2. The van der Waals surface area contributed by atoms with Crippen molar-refractivity contribution in [1.82, 2.24) is 0 Å². The van der Waals surface area contributed by atoms with Crippen LogP contribution in [0.5, 0.6) is 0 Å². The van der Waals surface area contributed by atoms with Crippen LogP contribution in [0.25, 0.3) is 0 Å². The Balaban J connectivity index is 1.42. The summed E-state index contributed by atoms with van der Waals surface area (Å²) in [5.74, 6) is -0.479. The van der Waals surface area contributed by atoms with Gasteiger partial charge < -0.3 is 28.4 Å². The van der Waals surface area contributed by atoms with Crippen molar-refractivity contribution in [1.29, 1.82) is 0 Å². The molecule has 0 saturated carbocycles. The lowest BCUT2D eigenvalue weighted by Crippen LogP contribution is -2.62. The zero-order chi connectivity index (χ0) is 29.7. The van der Waals surface area contributed by atoms with Crippen LogP contribution in [0.2, 0.25) is 0 Å². The molecule has 1 aliphatic rings. The molecule has 43 heavy (non-hydrogen) atoms. The maximum atomic E-state index is 12.3. The van der Waals surface area contributed by atoms with Gasteiger partial charge in [-0.1, -0.05) is 121 Å². The van der Waals surface area contributed by atoms with E-state index in [4.69, 9.17) is 28.4 Å². The Morgan fingerprint density at radius 2 is 0.953 bits per heavy atom. The van der Waals surface area contributed by atoms with Crippen LogP contribution in [-0.2, 0) is 59.6 Å². The smallest absolute Gasteiger partial charge is 0.305 e. The summed E-state index contributed by atoms with van der Waals surface area (Å²) in [6.45, 7) is 2.87. The van der Waals surface area contributed by atoms with Crippen molar-refractivity contribution in [3.05, 3.63) is 144 Å². The lowest BCUT2D eigenvalue weighted by Gasteiger charge is -2.45. The van der Waals surface area contributed by atoms with Crippen LogP contribution in [0, 0.1) is 0 Å². The van der Waals surface area contributed by atoms with E-state index in [0.29, 0.717) is 19.8 Å². The van der Waals surface area contributed by atoms with E-state index in [1.54, 1.807) is 0 Å². The lowest BCUT2D eigenvalue weighted by atomic mass is 9.97. The van der Waals surface area contributed by atoms with Gasteiger partial charge in [-0.3, -0.25) is 4.79 Å². The molecule has 5 rings (SSSR count). The fourth-order valence-corrected chi connectivity index (χ4v) is 5.01. The van der Waals surface area contributed by atoms with Crippen molar-refractivity contribution >= 4 is 5.97 Å². The minimum absolute atomic E-state index is 0.197. The average molecular weight is 583 g/mol. The molecule has 1 saturated heterocycles. The Labute approximate surface area is 253 Å². The molecule has 224 valence electrons. The predicted octanol–water partition coefficient (Wildman–Crippen LogP) is 6.25. The van der Waals surface area contributed by atoms with Crippen molar-refractivity contribution < 1.29 is 33.2 Å². The first-order valence-corrected chi connectivity index (χ1v) is 14.6. The molecular formula is C36H38O7. The van der Waals surface area contributed by atoms with Gasteiger partial charge >= 0.3 is 5.97 Å². The van der Waals surface area contributed by atoms with Gasteiger partial charge in [-0.2, -0.15) is 0 Å².